The van der Waals surface area contributed by atoms with Crippen LogP contribution in [-0.4, -0.2) is 17.4 Å². The van der Waals surface area contributed by atoms with Crippen LogP contribution in [0.2, 0.25) is 0 Å². The lowest BCUT2D eigenvalue weighted by atomic mass is 10.1. The molecule has 1 aromatic carbocycles. The van der Waals surface area contributed by atoms with Crippen LogP contribution in [0.15, 0.2) is 24.4 Å². The maximum absolute atomic E-state index is 11.3. The van der Waals surface area contributed by atoms with Gasteiger partial charge in [0, 0.05) is 15.2 Å². The van der Waals surface area contributed by atoms with Crippen molar-refractivity contribution in [2.24, 2.45) is 0 Å². The molecule has 0 radical (unpaired) electrons. The SMILES string of the molecule is COC(=O)c1ccc2c(c1)c(I)cn2P. The van der Waals surface area contributed by atoms with E-state index < -0.39 is 0 Å². The molecule has 0 amide bonds. The van der Waals surface area contributed by atoms with E-state index in [0.717, 1.165) is 14.5 Å². The number of esters is 1. The molecule has 3 nitrogen and oxygen atoms in total. The molecular formula is C10H9INO2P. The first-order chi connectivity index (χ1) is 7.13. The minimum atomic E-state index is -0.302. The first-order valence-electron chi connectivity index (χ1n) is 4.27. The van der Waals surface area contributed by atoms with Crippen LogP contribution < -0.4 is 0 Å². The number of rotatable bonds is 1. The molecule has 5 heteroatoms. The number of carbonyl (C=O) groups excluding carboxylic acids is 1. The molecule has 2 aromatic rings. The Morgan fingerprint density at radius 2 is 2.27 bits per heavy atom. The van der Waals surface area contributed by atoms with E-state index in [1.54, 1.807) is 6.07 Å². The summed E-state index contributed by atoms with van der Waals surface area (Å²) in [5.74, 6) is -0.302. The zero-order chi connectivity index (χ0) is 11.0. The Hall–Kier alpha value is -0.610. The highest BCUT2D eigenvalue weighted by Crippen LogP contribution is 2.25. The summed E-state index contributed by atoms with van der Waals surface area (Å²) in [4.78, 5) is 11.3. The average molecular weight is 333 g/mol. The fraction of sp³-hybridized carbons (Fsp3) is 0.100. The lowest BCUT2D eigenvalue weighted by molar-refractivity contribution is 0.0601. The van der Waals surface area contributed by atoms with Crippen LogP contribution in [0.5, 0.6) is 0 Å². The lowest BCUT2D eigenvalue weighted by Crippen LogP contribution is -2.00. The Bertz CT molecular complexity index is 535. The third-order valence-electron chi connectivity index (χ3n) is 2.21. The summed E-state index contributed by atoms with van der Waals surface area (Å²) < 4.78 is 7.75. The van der Waals surface area contributed by atoms with Crippen LogP contribution in [0.25, 0.3) is 10.9 Å². The largest absolute Gasteiger partial charge is 0.465 e. The zero-order valence-electron chi connectivity index (χ0n) is 8.03. The van der Waals surface area contributed by atoms with Crippen molar-refractivity contribution in [2.45, 2.75) is 0 Å². The van der Waals surface area contributed by atoms with E-state index in [-0.39, 0.29) is 5.97 Å². The smallest absolute Gasteiger partial charge is 0.337 e. The third-order valence-corrected chi connectivity index (χ3v) is 3.49. The molecule has 1 atom stereocenters. The molecule has 78 valence electrons. The van der Waals surface area contributed by atoms with E-state index in [4.69, 9.17) is 0 Å². The van der Waals surface area contributed by atoms with Crippen molar-refractivity contribution < 1.29 is 9.53 Å². The predicted octanol–water partition coefficient (Wildman–Crippen LogP) is 2.67. The van der Waals surface area contributed by atoms with Gasteiger partial charge in [0.15, 0.2) is 0 Å². The average Bonchev–Trinajstić information content (AvgIpc) is 2.53. The number of carbonyl (C=O) groups is 1. The van der Waals surface area contributed by atoms with Gasteiger partial charge in [-0.3, -0.25) is 0 Å². The summed E-state index contributed by atoms with van der Waals surface area (Å²) in [6, 6.07) is 5.53. The maximum Gasteiger partial charge on any atom is 0.337 e. The van der Waals surface area contributed by atoms with Gasteiger partial charge in [-0.1, -0.05) is 0 Å². The van der Waals surface area contributed by atoms with Gasteiger partial charge in [0.1, 0.15) is 0 Å². The Balaban J connectivity index is 2.65. The first-order valence-corrected chi connectivity index (χ1v) is 5.87. The Morgan fingerprint density at radius 1 is 1.53 bits per heavy atom. The summed E-state index contributed by atoms with van der Waals surface area (Å²) in [7, 11) is 4.00. The number of nitrogens with zero attached hydrogens (tertiary/aromatic N) is 1. The van der Waals surface area contributed by atoms with Gasteiger partial charge in [-0.05, 0) is 50.2 Å². The molecule has 15 heavy (non-hydrogen) atoms. The van der Waals surface area contributed by atoms with Gasteiger partial charge in [-0.15, -0.1) is 0 Å². The Morgan fingerprint density at radius 3 is 2.93 bits per heavy atom. The molecule has 0 bridgehead atoms. The molecular weight excluding hydrogens is 324 g/mol. The van der Waals surface area contributed by atoms with Gasteiger partial charge >= 0.3 is 5.97 Å². The van der Waals surface area contributed by atoms with Crippen LogP contribution in [-0.2, 0) is 4.74 Å². The highest BCUT2D eigenvalue weighted by Gasteiger charge is 2.09. The molecule has 1 heterocycles. The van der Waals surface area contributed by atoms with Crippen molar-refractivity contribution in [3.63, 3.8) is 0 Å². The monoisotopic (exact) mass is 333 g/mol. The van der Waals surface area contributed by atoms with E-state index in [1.807, 2.05) is 22.7 Å². The van der Waals surface area contributed by atoms with Crippen molar-refractivity contribution in [2.75, 3.05) is 7.11 Å². The Kier molecular flexibility index (Phi) is 2.98. The van der Waals surface area contributed by atoms with E-state index in [0.29, 0.717) is 5.56 Å². The predicted molar refractivity (Wildman–Crippen MR) is 71.1 cm³/mol. The van der Waals surface area contributed by atoms with Crippen molar-refractivity contribution in [1.29, 1.82) is 0 Å². The van der Waals surface area contributed by atoms with Crippen molar-refractivity contribution in [3.05, 3.63) is 33.5 Å². The number of halogens is 1. The summed E-state index contributed by atoms with van der Waals surface area (Å²) in [6.45, 7) is 0. The molecule has 1 aromatic heterocycles. The Labute approximate surface area is 103 Å². The van der Waals surface area contributed by atoms with Crippen LogP contribution in [0.1, 0.15) is 10.4 Å². The second kappa shape index (κ2) is 4.10. The molecule has 0 aliphatic rings. The lowest BCUT2D eigenvalue weighted by Gasteiger charge is -2.00. The number of hydrogen-bond acceptors (Lipinski definition) is 2. The molecule has 0 N–H and O–H groups in total. The molecule has 0 fully saturated rings. The molecule has 0 aliphatic carbocycles. The van der Waals surface area contributed by atoms with E-state index >= 15 is 0 Å². The first kappa shape index (κ1) is 10.9. The summed E-state index contributed by atoms with van der Waals surface area (Å²) in [5.41, 5.74) is 1.66. The number of methoxy groups -OCH3 is 1. The standard InChI is InChI=1S/C10H9INO2P/c1-14-10(13)6-2-3-9-7(4-6)8(11)5-12(9)15/h2-5H,15H2,1H3. The second-order valence-electron chi connectivity index (χ2n) is 3.11. The van der Waals surface area contributed by atoms with Gasteiger partial charge in [-0.25, -0.2) is 4.79 Å². The van der Waals surface area contributed by atoms with E-state index in [2.05, 4.69) is 36.7 Å². The highest BCUT2D eigenvalue weighted by atomic mass is 127. The van der Waals surface area contributed by atoms with Gasteiger partial charge in [0.25, 0.3) is 0 Å². The van der Waals surface area contributed by atoms with E-state index in [1.165, 1.54) is 7.11 Å². The molecule has 2 rings (SSSR count). The quantitative estimate of drug-likeness (QED) is 0.456. The van der Waals surface area contributed by atoms with Gasteiger partial charge in [-0.2, -0.15) is 0 Å². The second-order valence-corrected chi connectivity index (χ2v) is 4.83. The fourth-order valence-corrected chi connectivity index (χ4v) is 2.87. The number of benzene rings is 1. The normalized spacial score (nSPS) is 10.6. The number of ether oxygens (including phenoxy) is 1. The summed E-state index contributed by atoms with van der Waals surface area (Å²) in [5, 5.41) is 1.06. The van der Waals surface area contributed by atoms with Crippen LogP contribution >= 0.6 is 32.0 Å². The summed E-state index contributed by atoms with van der Waals surface area (Å²) in [6.07, 6.45) is 2.00. The topological polar surface area (TPSA) is 31.2 Å². The number of aromatic nitrogens is 1. The van der Waals surface area contributed by atoms with Crippen molar-refractivity contribution in [3.8, 4) is 0 Å². The maximum atomic E-state index is 11.3. The summed E-state index contributed by atoms with van der Waals surface area (Å²) >= 11 is 2.24. The van der Waals surface area contributed by atoms with E-state index in [9.17, 15) is 4.79 Å². The minimum Gasteiger partial charge on any atom is -0.465 e. The number of fused-ring (bicyclic) bond motifs is 1. The highest BCUT2D eigenvalue weighted by molar-refractivity contribution is 14.1. The molecule has 0 spiro atoms. The van der Waals surface area contributed by atoms with Crippen molar-refractivity contribution >= 4 is 48.9 Å². The molecule has 0 aliphatic heterocycles. The minimum absolute atomic E-state index is 0.302. The number of hydrogen-bond donors (Lipinski definition) is 0. The zero-order valence-corrected chi connectivity index (χ0v) is 11.3. The van der Waals surface area contributed by atoms with Crippen LogP contribution in [0.4, 0.5) is 0 Å². The third kappa shape index (κ3) is 1.88. The molecule has 0 saturated carbocycles. The van der Waals surface area contributed by atoms with Gasteiger partial charge in [0.05, 0.1) is 18.2 Å². The van der Waals surface area contributed by atoms with Crippen LogP contribution in [0, 0.1) is 3.57 Å². The fourth-order valence-electron chi connectivity index (χ4n) is 1.46. The van der Waals surface area contributed by atoms with Gasteiger partial charge in [0.2, 0.25) is 0 Å². The van der Waals surface area contributed by atoms with Gasteiger partial charge < -0.3 is 9.07 Å². The molecule has 0 saturated heterocycles. The molecule has 1 unspecified atom stereocenters. The van der Waals surface area contributed by atoms with Crippen molar-refractivity contribution in [1.82, 2.24) is 4.34 Å². The van der Waals surface area contributed by atoms with Crippen LogP contribution in [0.3, 0.4) is 0 Å².